The van der Waals surface area contributed by atoms with Crippen LogP contribution in [0.25, 0.3) is 6.08 Å². The second-order valence-electron chi connectivity index (χ2n) is 6.27. The van der Waals surface area contributed by atoms with Crippen LogP contribution in [0.2, 0.25) is 0 Å². The molecule has 0 heterocycles. The molecule has 0 fully saturated rings. The Morgan fingerprint density at radius 2 is 1.52 bits per heavy atom. The van der Waals surface area contributed by atoms with Gasteiger partial charge < -0.3 is 18.9 Å². The van der Waals surface area contributed by atoms with Crippen LogP contribution in [0.5, 0.6) is 11.5 Å². The zero-order valence-corrected chi connectivity index (χ0v) is 17.2. The molecule has 0 amide bonds. The van der Waals surface area contributed by atoms with Gasteiger partial charge >= 0.3 is 17.9 Å². The highest BCUT2D eigenvalue weighted by Gasteiger charge is 2.09. The van der Waals surface area contributed by atoms with Gasteiger partial charge in [-0.05, 0) is 60.9 Å². The van der Waals surface area contributed by atoms with Gasteiger partial charge in [-0.25, -0.2) is 14.4 Å². The summed E-state index contributed by atoms with van der Waals surface area (Å²) in [4.78, 5) is 34.3. The van der Waals surface area contributed by atoms with Crippen molar-refractivity contribution in [2.75, 3.05) is 20.3 Å². The van der Waals surface area contributed by atoms with Gasteiger partial charge in [0.15, 0.2) is 0 Å². The maximum Gasteiger partial charge on any atom is 0.343 e. The van der Waals surface area contributed by atoms with Crippen molar-refractivity contribution in [2.24, 2.45) is 0 Å². The largest absolute Gasteiger partial charge is 0.494 e. The normalized spacial score (nSPS) is 10.4. The van der Waals surface area contributed by atoms with Gasteiger partial charge in [0.05, 0.1) is 25.9 Å². The quantitative estimate of drug-likeness (QED) is 0.233. The van der Waals surface area contributed by atoms with Crippen molar-refractivity contribution in [3.63, 3.8) is 0 Å². The van der Waals surface area contributed by atoms with Gasteiger partial charge in [0.2, 0.25) is 0 Å². The summed E-state index contributed by atoms with van der Waals surface area (Å²) in [5.41, 5.74) is 1.16. The van der Waals surface area contributed by atoms with Crippen molar-refractivity contribution in [2.45, 2.75) is 12.8 Å². The van der Waals surface area contributed by atoms with Crippen LogP contribution in [0.1, 0.15) is 28.8 Å². The maximum absolute atomic E-state index is 12.3. The van der Waals surface area contributed by atoms with Gasteiger partial charge in [0, 0.05) is 12.2 Å². The fourth-order valence-electron chi connectivity index (χ4n) is 2.36. The molecule has 0 saturated carbocycles. The Morgan fingerprint density at radius 1 is 0.871 bits per heavy atom. The topological polar surface area (TPSA) is 88.1 Å². The average Bonchev–Trinajstić information content (AvgIpc) is 2.80. The molecule has 2 rings (SSSR count). The Labute approximate surface area is 180 Å². The van der Waals surface area contributed by atoms with E-state index in [4.69, 9.17) is 14.2 Å². The Bertz CT molecular complexity index is 912. The molecule has 162 valence electrons. The summed E-state index contributed by atoms with van der Waals surface area (Å²) in [6, 6.07) is 13.3. The van der Waals surface area contributed by atoms with E-state index in [1.807, 2.05) is 0 Å². The summed E-state index contributed by atoms with van der Waals surface area (Å²) in [7, 11) is 1.31. The smallest absolute Gasteiger partial charge is 0.343 e. The SMILES string of the molecule is C=CC(=O)OCCCCOc1ccc(C(=O)Oc2ccc(/C=C/C(=O)OC)cc2)cc1. The van der Waals surface area contributed by atoms with Crippen LogP contribution in [0, 0.1) is 0 Å². The van der Waals surface area contributed by atoms with Crippen LogP contribution >= 0.6 is 0 Å². The summed E-state index contributed by atoms with van der Waals surface area (Å²) in [6.07, 6.45) is 5.44. The minimum absolute atomic E-state index is 0.321. The lowest BCUT2D eigenvalue weighted by molar-refractivity contribution is -0.138. The van der Waals surface area contributed by atoms with Crippen LogP contribution in [0.15, 0.2) is 67.3 Å². The summed E-state index contributed by atoms with van der Waals surface area (Å²) in [5, 5.41) is 0. The van der Waals surface area contributed by atoms with Crippen LogP contribution in [-0.2, 0) is 19.1 Å². The third kappa shape index (κ3) is 8.57. The maximum atomic E-state index is 12.3. The Balaban J connectivity index is 1.77. The highest BCUT2D eigenvalue weighted by atomic mass is 16.5. The molecular weight excluding hydrogens is 400 g/mol. The van der Waals surface area contributed by atoms with Crippen LogP contribution in [0.3, 0.4) is 0 Å². The van der Waals surface area contributed by atoms with E-state index < -0.39 is 17.9 Å². The molecular formula is C24H24O7. The fraction of sp³-hybridized carbons (Fsp3) is 0.208. The summed E-state index contributed by atoms with van der Waals surface area (Å²) in [5.74, 6) is -0.362. The molecule has 0 unspecified atom stereocenters. The average molecular weight is 424 g/mol. The number of hydrogen-bond acceptors (Lipinski definition) is 7. The fourth-order valence-corrected chi connectivity index (χ4v) is 2.36. The van der Waals surface area contributed by atoms with Crippen molar-refractivity contribution < 1.29 is 33.3 Å². The molecule has 0 aliphatic carbocycles. The molecule has 7 heteroatoms. The van der Waals surface area contributed by atoms with E-state index in [2.05, 4.69) is 11.3 Å². The molecule has 2 aromatic carbocycles. The Hall–Kier alpha value is -3.87. The second kappa shape index (κ2) is 12.6. The van der Waals surface area contributed by atoms with Crippen molar-refractivity contribution in [1.82, 2.24) is 0 Å². The van der Waals surface area contributed by atoms with Gasteiger partial charge in [-0.1, -0.05) is 18.7 Å². The Morgan fingerprint density at radius 3 is 2.16 bits per heavy atom. The number of esters is 3. The first-order chi connectivity index (χ1) is 15.0. The summed E-state index contributed by atoms with van der Waals surface area (Å²) in [6.45, 7) is 4.11. The van der Waals surface area contributed by atoms with Gasteiger partial charge in [-0.3, -0.25) is 0 Å². The molecule has 0 saturated heterocycles. The second-order valence-corrected chi connectivity index (χ2v) is 6.27. The number of carbonyl (C=O) groups excluding carboxylic acids is 3. The first kappa shape index (κ1) is 23.4. The summed E-state index contributed by atoms with van der Waals surface area (Å²) >= 11 is 0. The first-order valence-corrected chi connectivity index (χ1v) is 9.62. The number of unbranched alkanes of at least 4 members (excludes halogenated alkanes) is 1. The third-order valence-electron chi connectivity index (χ3n) is 4.01. The highest BCUT2D eigenvalue weighted by molar-refractivity contribution is 5.91. The first-order valence-electron chi connectivity index (χ1n) is 9.62. The van der Waals surface area contributed by atoms with Crippen LogP contribution in [0.4, 0.5) is 0 Å². The zero-order chi connectivity index (χ0) is 22.5. The number of ether oxygens (including phenoxy) is 4. The molecule has 0 radical (unpaired) electrons. The monoisotopic (exact) mass is 424 g/mol. The van der Waals surface area contributed by atoms with Crippen molar-refractivity contribution >= 4 is 24.0 Å². The van der Waals surface area contributed by atoms with Gasteiger partial charge in [-0.15, -0.1) is 0 Å². The van der Waals surface area contributed by atoms with E-state index in [1.54, 1.807) is 54.6 Å². The molecule has 0 N–H and O–H groups in total. The molecule has 0 spiro atoms. The number of benzene rings is 2. The van der Waals surface area contributed by atoms with E-state index in [1.165, 1.54) is 13.2 Å². The Kier molecular flexibility index (Phi) is 9.55. The standard InChI is InChI=1S/C24H24O7/c1-3-22(25)30-17-5-4-16-29-20-13-9-19(10-14-20)24(27)31-21-11-6-18(7-12-21)8-15-23(26)28-2/h3,6-15H,1,4-5,16-17H2,2H3/b15-8+. The molecule has 0 aromatic heterocycles. The van der Waals surface area contributed by atoms with Crippen LogP contribution in [-0.4, -0.2) is 38.2 Å². The molecule has 31 heavy (non-hydrogen) atoms. The minimum atomic E-state index is -0.492. The number of methoxy groups -OCH3 is 1. The van der Waals surface area contributed by atoms with Crippen molar-refractivity contribution in [1.29, 1.82) is 0 Å². The number of rotatable bonds is 11. The highest BCUT2D eigenvalue weighted by Crippen LogP contribution is 2.17. The van der Waals surface area contributed by atoms with Gasteiger partial charge in [-0.2, -0.15) is 0 Å². The predicted molar refractivity (Wildman–Crippen MR) is 115 cm³/mol. The van der Waals surface area contributed by atoms with Gasteiger partial charge in [0.25, 0.3) is 0 Å². The van der Waals surface area contributed by atoms with E-state index in [0.29, 0.717) is 36.7 Å². The van der Waals surface area contributed by atoms with Crippen LogP contribution < -0.4 is 9.47 Å². The number of hydrogen-bond donors (Lipinski definition) is 0. The molecule has 7 nitrogen and oxygen atoms in total. The predicted octanol–water partition coefficient (Wildman–Crippen LogP) is 3.98. The zero-order valence-electron chi connectivity index (χ0n) is 17.2. The minimum Gasteiger partial charge on any atom is -0.494 e. The van der Waals surface area contributed by atoms with E-state index in [0.717, 1.165) is 18.1 Å². The number of carbonyl (C=O) groups is 3. The molecule has 2 aromatic rings. The summed E-state index contributed by atoms with van der Waals surface area (Å²) < 4.78 is 20.4. The molecule has 0 aliphatic rings. The molecule has 0 atom stereocenters. The third-order valence-corrected chi connectivity index (χ3v) is 4.01. The van der Waals surface area contributed by atoms with E-state index >= 15 is 0 Å². The lowest BCUT2D eigenvalue weighted by Gasteiger charge is -2.08. The van der Waals surface area contributed by atoms with Gasteiger partial charge in [0.1, 0.15) is 11.5 Å². The lowest BCUT2D eigenvalue weighted by Crippen LogP contribution is -2.08. The van der Waals surface area contributed by atoms with E-state index in [-0.39, 0.29) is 0 Å². The van der Waals surface area contributed by atoms with E-state index in [9.17, 15) is 14.4 Å². The molecule has 0 aliphatic heterocycles. The molecule has 0 bridgehead atoms. The lowest BCUT2D eigenvalue weighted by atomic mass is 10.2. The van der Waals surface area contributed by atoms with Crippen molar-refractivity contribution in [3.05, 3.63) is 78.4 Å². The van der Waals surface area contributed by atoms with Crippen molar-refractivity contribution in [3.8, 4) is 11.5 Å².